The minimum Gasteiger partial charge on any atom is -0.435 e. The molecule has 2 aromatic carbocycles. The van der Waals surface area contributed by atoms with Crippen LogP contribution in [-0.2, 0) is 0 Å². The van der Waals surface area contributed by atoms with Crippen LogP contribution in [0.4, 0.5) is 32.0 Å². The van der Waals surface area contributed by atoms with Gasteiger partial charge in [-0.1, -0.05) is 0 Å². The van der Waals surface area contributed by atoms with E-state index in [9.17, 15) is 31.1 Å². The van der Waals surface area contributed by atoms with Crippen molar-refractivity contribution in [3.05, 3.63) is 59.2 Å². The predicted octanol–water partition coefficient (Wildman–Crippen LogP) is 4.10. The standard InChI is InChI=1S/C14H7F6NO2/c15-9-5-8(10(16)12(18)11(9)17)13(22)21-6-1-3-7(4-2-6)23-14(19)20/h1-5,14H,(H,21,22). The topological polar surface area (TPSA) is 38.3 Å². The summed E-state index contributed by atoms with van der Waals surface area (Å²) >= 11 is 0. The van der Waals surface area contributed by atoms with Crippen molar-refractivity contribution in [3.8, 4) is 5.75 Å². The summed E-state index contributed by atoms with van der Waals surface area (Å²) in [6.45, 7) is -3.03. The minimum absolute atomic E-state index is 0.0150. The number of anilines is 1. The summed E-state index contributed by atoms with van der Waals surface area (Å²) in [5, 5.41) is 2.08. The van der Waals surface area contributed by atoms with Gasteiger partial charge >= 0.3 is 6.61 Å². The summed E-state index contributed by atoms with van der Waals surface area (Å²) in [7, 11) is 0. The molecule has 0 saturated heterocycles. The Hall–Kier alpha value is -2.71. The van der Waals surface area contributed by atoms with Crippen LogP contribution in [0.1, 0.15) is 10.4 Å². The van der Waals surface area contributed by atoms with Crippen molar-refractivity contribution >= 4 is 11.6 Å². The number of nitrogens with one attached hydrogen (secondary N) is 1. The number of ether oxygens (including phenoxy) is 1. The summed E-state index contributed by atoms with van der Waals surface area (Å²) in [5.41, 5.74) is -1.03. The lowest BCUT2D eigenvalue weighted by molar-refractivity contribution is -0.0498. The molecule has 3 nitrogen and oxygen atoms in total. The highest BCUT2D eigenvalue weighted by atomic mass is 19.3. The lowest BCUT2D eigenvalue weighted by Gasteiger charge is -2.09. The van der Waals surface area contributed by atoms with Gasteiger partial charge in [0, 0.05) is 5.69 Å². The summed E-state index contributed by atoms with van der Waals surface area (Å²) in [4.78, 5) is 11.8. The molecule has 0 aliphatic rings. The maximum atomic E-state index is 13.5. The van der Waals surface area contributed by atoms with E-state index in [4.69, 9.17) is 0 Å². The number of rotatable bonds is 4. The monoisotopic (exact) mass is 335 g/mol. The summed E-state index contributed by atoms with van der Waals surface area (Å²) < 4.78 is 80.4. The van der Waals surface area contributed by atoms with E-state index < -0.39 is 41.4 Å². The van der Waals surface area contributed by atoms with Crippen molar-refractivity contribution in [2.75, 3.05) is 5.32 Å². The van der Waals surface area contributed by atoms with Gasteiger partial charge in [0.1, 0.15) is 5.75 Å². The van der Waals surface area contributed by atoms with Crippen LogP contribution in [-0.4, -0.2) is 12.5 Å². The molecule has 0 spiro atoms. The molecule has 0 saturated carbocycles. The van der Waals surface area contributed by atoms with E-state index in [1.807, 2.05) is 0 Å². The van der Waals surface area contributed by atoms with Crippen LogP contribution in [0.15, 0.2) is 30.3 Å². The molecule has 23 heavy (non-hydrogen) atoms. The molecule has 0 atom stereocenters. The Morgan fingerprint density at radius 3 is 2.13 bits per heavy atom. The fraction of sp³-hybridized carbons (Fsp3) is 0.0714. The van der Waals surface area contributed by atoms with Crippen molar-refractivity contribution in [1.82, 2.24) is 0 Å². The molecule has 2 aromatic rings. The Morgan fingerprint density at radius 1 is 0.957 bits per heavy atom. The molecule has 122 valence electrons. The predicted molar refractivity (Wildman–Crippen MR) is 67.3 cm³/mol. The van der Waals surface area contributed by atoms with Gasteiger partial charge in [0.2, 0.25) is 0 Å². The third kappa shape index (κ3) is 3.74. The van der Waals surface area contributed by atoms with Gasteiger partial charge in [0.15, 0.2) is 23.3 Å². The normalized spacial score (nSPS) is 10.7. The van der Waals surface area contributed by atoms with Gasteiger partial charge in [0.25, 0.3) is 5.91 Å². The van der Waals surface area contributed by atoms with Crippen LogP contribution < -0.4 is 10.1 Å². The Bertz CT molecular complexity index is 733. The van der Waals surface area contributed by atoms with Gasteiger partial charge in [0.05, 0.1) is 5.56 Å². The van der Waals surface area contributed by atoms with Crippen molar-refractivity contribution in [2.45, 2.75) is 6.61 Å². The lowest BCUT2D eigenvalue weighted by atomic mass is 10.1. The van der Waals surface area contributed by atoms with E-state index in [1.165, 1.54) is 0 Å². The smallest absolute Gasteiger partial charge is 0.387 e. The van der Waals surface area contributed by atoms with Gasteiger partial charge in [-0.3, -0.25) is 4.79 Å². The first-order chi connectivity index (χ1) is 10.8. The largest absolute Gasteiger partial charge is 0.435 e. The molecular formula is C14H7F6NO2. The van der Waals surface area contributed by atoms with Gasteiger partial charge in [-0.05, 0) is 30.3 Å². The third-order valence-corrected chi connectivity index (χ3v) is 2.68. The van der Waals surface area contributed by atoms with Crippen LogP contribution in [0.5, 0.6) is 5.75 Å². The van der Waals surface area contributed by atoms with E-state index in [0.29, 0.717) is 0 Å². The summed E-state index contributed by atoms with van der Waals surface area (Å²) in [6.07, 6.45) is 0. The first-order valence-corrected chi connectivity index (χ1v) is 5.99. The summed E-state index contributed by atoms with van der Waals surface area (Å²) in [5.74, 6) is -9.16. The quantitative estimate of drug-likeness (QED) is 0.519. The average Bonchev–Trinajstić information content (AvgIpc) is 2.50. The summed E-state index contributed by atoms with van der Waals surface area (Å²) in [6, 6.07) is 4.67. The molecule has 0 bridgehead atoms. The number of halogens is 6. The minimum atomic E-state index is -3.03. The fourth-order valence-electron chi connectivity index (χ4n) is 1.66. The second-order valence-electron chi connectivity index (χ2n) is 4.20. The van der Waals surface area contributed by atoms with Gasteiger partial charge in [-0.25, -0.2) is 17.6 Å². The highest BCUT2D eigenvalue weighted by Crippen LogP contribution is 2.21. The molecule has 0 aromatic heterocycles. The molecule has 0 heterocycles. The van der Waals surface area contributed by atoms with Crippen molar-refractivity contribution in [1.29, 1.82) is 0 Å². The highest BCUT2D eigenvalue weighted by molar-refractivity contribution is 6.04. The second kappa shape index (κ2) is 6.59. The van der Waals surface area contributed by atoms with E-state index in [1.54, 1.807) is 0 Å². The number of carbonyl (C=O) groups excluding carboxylic acids is 1. The van der Waals surface area contributed by atoms with E-state index in [2.05, 4.69) is 10.1 Å². The first kappa shape index (κ1) is 16.7. The van der Waals surface area contributed by atoms with Crippen molar-refractivity contribution < 1.29 is 35.9 Å². The van der Waals surface area contributed by atoms with Crippen LogP contribution in [0.3, 0.4) is 0 Å². The molecule has 0 fully saturated rings. The average molecular weight is 335 g/mol. The van der Waals surface area contributed by atoms with Gasteiger partial charge < -0.3 is 10.1 Å². The number of benzene rings is 2. The number of carbonyl (C=O) groups is 1. The molecule has 0 radical (unpaired) electrons. The highest BCUT2D eigenvalue weighted by Gasteiger charge is 2.23. The molecule has 1 amide bonds. The Labute approximate surface area is 125 Å². The van der Waals surface area contributed by atoms with E-state index >= 15 is 0 Å². The molecule has 0 unspecified atom stereocenters. The Kier molecular flexibility index (Phi) is 4.77. The number of hydrogen-bond donors (Lipinski definition) is 1. The van der Waals surface area contributed by atoms with Crippen LogP contribution in [0, 0.1) is 23.3 Å². The van der Waals surface area contributed by atoms with Crippen LogP contribution in [0.2, 0.25) is 0 Å². The Morgan fingerprint density at radius 2 is 1.57 bits per heavy atom. The molecule has 0 aliphatic carbocycles. The van der Waals surface area contributed by atoms with Gasteiger partial charge in [-0.15, -0.1) is 0 Å². The molecule has 9 heteroatoms. The number of amides is 1. The van der Waals surface area contributed by atoms with Gasteiger partial charge in [-0.2, -0.15) is 8.78 Å². The van der Waals surface area contributed by atoms with Crippen molar-refractivity contribution in [2.24, 2.45) is 0 Å². The van der Waals surface area contributed by atoms with Crippen LogP contribution in [0.25, 0.3) is 0 Å². The zero-order valence-corrected chi connectivity index (χ0v) is 11.0. The molecular weight excluding hydrogens is 328 g/mol. The second-order valence-corrected chi connectivity index (χ2v) is 4.20. The Balaban J connectivity index is 2.19. The lowest BCUT2D eigenvalue weighted by Crippen LogP contribution is -2.16. The third-order valence-electron chi connectivity index (χ3n) is 2.68. The molecule has 2 rings (SSSR count). The van der Waals surface area contributed by atoms with Crippen LogP contribution >= 0.6 is 0 Å². The molecule has 1 N–H and O–H groups in total. The maximum Gasteiger partial charge on any atom is 0.387 e. The van der Waals surface area contributed by atoms with E-state index in [-0.39, 0.29) is 17.5 Å². The fourth-order valence-corrected chi connectivity index (χ4v) is 1.66. The maximum absolute atomic E-state index is 13.5. The zero-order chi connectivity index (χ0) is 17.1. The first-order valence-electron chi connectivity index (χ1n) is 5.99. The molecule has 0 aliphatic heterocycles. The van der Waals surface area contributed by atoms with E-state index in [0.717, 1.165) is 24.3 Å². The number of alkyl halides is 2. The SMILES string of the molecule is O=C(Nc1ccc(OC(F)F)cc1)c1cc(F)c(F)c(F)c1F. The zero-order valence-electron chi connectivity index (χ0n) is 11.0. The number of hydrogen-bond acceptors (Lipinski definition) is 2. The van der Waals surface area contributed by atoms with Crippen molar-refractivity contribution in [3.63, 3.8) is 0 Å².